The maximum atomic E-state index is 11.7. The van der Waals surface area contributed by atoms with E-state index in [9.17, 15) is 9.90 Å². The van der Waals surface area contributed by atoms with E-state index in [2.05, 4.69) is 12.1 Å². The number of carboxylic acids is 1. The molecular weight excluding hydrogens is 352 g/mol. The van der Waals surface area contributed by atoms with Gasteiger partial charge < -0.3 is 14.6 Å². The number of hydrogen-bond donors (Lipinski definition) is 1. The summed E-state index contributed by atoms with van der Waals surface area (Å²) in [7, 11) is 1.58. The first-order chi connectivity index (χ1) is 13.7. The number of benzene rings is 3. The minimum absolute atomic E-state index is 0.223. The molecule has 0 aliphatic heterocycles. The largest absolute Gasteiger partial charge is 0.497 e. The summed E-state index contributed by atoms with van der Waals surface area (Å²) in [6, 6.07) is 24.5. The molecule has 0 aliphatic carbocycles. The highest BCUT2D eigenvalue weighted by molar-refractivity contribution is 6.20. The lowest BCUT2D eigenvalue weighted by molar-refractivity contribution is -0.130. The molecule has 0 atom stereocenters. The molecule has 0 heterocycles. The Bertz CT molecular complexity index is 927. The van der Waals surface area contributed by atoms with Gasteiger partial charge in [-0.25, -0.2) is 4.79 Å². The number of carboxylic acid groups (broad SMARTS) is 1. The second-order valence-corrected chi connectivity index (χ2v) is 6.24. The van der Waals surface area contributed by atoms with Gasteiger partial charge in [0.05, 0.1) is 19.3 Å². The van der Waals surface area contributed by atoms with Gasteiger partial charge in [-0.3, -0.25) is 0 Å². The maximum absolute atomic E-state index is 11.7. The normalized spacial score (nSPS) is 11.1. The average Bonchev–Trinajstić information content (AvgIpc) is 2.74. The molecule has 3 aromatic rings. The molecular formula is C24H22O4. The van der Waals surface area contributed by atoms with Crippen molar-refractivity contribution < 1.29 is 19.4 Å². The predicted octanol–water partition coefficient (Wildman–Crippen LogP) is 4.94. The molecule has 0 aliphatic rings. The summed E-state index contributed by atoms with van der Waals surface area (Å²) in [6.45, 7) is 0.589. The van der Waals surface area contributed by atoms with E-state index in [1.54, 1.807) is 37.5 Å². The van der Waals surface area contributed by atoms with Crippen molar-refractivity contribution in [2.45, 2.75) is 6.42 Å². The zero-order valence-corrected chi connectivity index (χ0v) is 15.7. The first kappa shape index (κ1) is 19.2. The molecule has 3 aromatic carbocycles. The summed E-state index contributed by atoms with van der Waals surface area (Å²) in [6.07, 6.45) is 2.49. The molecule has 0 fully saturated rings. The second-order valence-electron chi connectivity index (χ2n) is 6.24. The van der Waals surface area contributed by atoms with E-state index in [1.807, 2.05) is 42.5 Å². The van der Waals surface area contributed by atoms with Crippen molar-refractivity contribution in [1.82, 2.24) is 0 Å². The highest BCUT2D eigenvalue weighted by atomic mass is 16.5. The molecule has 3 rings (SSSR count). The van der Waals surface area contributed by atoms with E-state index in [0.29, 0.717) is 17.9 Å². The van der Waals surface area contributed by atoms with Crippen LogP contribution in [0.1, 0.15) is 16.7 Å². The van der Waals surface area contributed by atoms with Gasteiger partial charge in [0.15, 0.2) is 0 Å². The van der Waals surface area contributed by atoms with Gasteiger partial charge in [0.1, 0.15) is 11.5 Å². The van der Waals surface area contributed by atoms with Crippen LogP contribution in [0.4, 0.5) is 0 Å². The van der Waals surface area contributed by atoms with Crippen LogP contribution in [0.3, 0.4) is 0 Å². The van der Waals surface area contributed by atoms with Gasteiger partial charge in [-0.1, -0.05) is 54.6 Å². The molecule has 0 bridgehead atoms. The van der Waals surface area contributed by atoms with Gasteiger partial charge in [-0.15, -0.1) is 0 Å². The molecule has 4 heteroatoms. The number of rotatable bonds is 8. The maximum Gasteiger partial charge on any atom is 0.336 e. The Morgan fingerprint density at radius 3 is 2.14 bits per heavy atom. The minimum Gasteiger partial charge on any atom is -0.497 e. The Balaban J connectivity index is 1.67. The van der Waals surface area contributed by atoms with Crippen molar-refractivity contribution in [3.05, 3.63) is 95.6 Å². The number of hydrogen-bond acceptors (Lipinski definition) is 3. The third kappa shape index (κ3) is 5.24. The summed E-state index contributed by atoms with van der Waals surface area (Å²) < 4.78 is 10.9. The summed E-state index contributed by atoms with van der Waals surface area (Å²) in [5.74, 6) is 0.466. The zero-order valence-electron chi connectivity index (χ0n) is 15.7. The quantitative estimate of drug-likeness (QED) is 0.448. The minimum atomic E-state index is -0.978. The van der Waals surface area contributed by atoms with Crippen molar-refractivity contribution in [2.24, 2.45) is 0 Å². The van der Waals surface area contributed by atoms with Crippen LogP contribution < -0.4 is 9.47 Å². The van der Waals surface area contributed by atoms with E-state index in [1.165, 1.54) is 5.56 Å². The fourth-order valence-electron chi connectivity index (χ4n) is 2.80. The second kappa shape index (κ2) is 9.42. The van der Waals surface area contributed by atoms with E-state index in [4.69, 9.17) is 9.47 Å². The zero-order chi connectivity index (χ0) is 19.8. The molecule has 142 valence electrons. The van der Waals surface area contributed by atoms with Crippen LogP contribution in [-0.2, 0) is 11.2 Å². The first-order valence-corrected chi connectivity index (χ1v) is 9.02. The number of methoxy groups -OCH3 is 1. The smallest absolute Gasteiger partial charge is 0.336 e. The molecule has 0 spiro atoms. The van der Waals surface area contributed by atoms with Gasteiger partial charge in [0, 0.05) is 6.42 Å². The summed E-state index contributed by atoms with van der Waals surface area (Å²) >= 11 is 0. The fraction of sp³-hybridized carbons (Fsp3) is 0.125. The molecule has 28 heavy (non-hydrogen) atoms. The van der Waals surface area contributed by atoms with Crippen molar-refractivity contribution in [1.29, 1.82) is 0 Å². The molecule has 0 saturated heterocycles. The van der Waals surface area contributed by atoms with Crippen molar-refractivity contribution in [3.8, 4) is 11.5 Å². The lowest BCUT2D eigenvalue weighted by Crippen LogP contribution is -2.01. The summed E-state index contributed by atoms with van der Waals surface area (Å²) in [4.78, 5) is 11.7. The lowest BCUT2D eigenvalue weighted by atomic mass is 10.0. The third-order valence-corrected chi connectivity index (χ3v) is 4.32. The molecule has 0 aromatic heterocycles. The Labute approximate surface area is 164 Å². The molecule has 0 unspecified atom stereocenters. The van der Waals surface area contributed by atoms with Crippen molar-refractivity contribution in [2.75, 3.05) is 13.7 Å². The number of aliphatic carboxylic acids is 1. The molecule has 0 amide bonds. The van der Waals surface area contributed by atoms with Gasteiger partial charge >= 0.3 is 5.97 Å². The topological polar surface area (TPSA) is 55.8 Å². The summed E-state index contributed by atoms with van der Waals surface area (Å²) in [5.41, 5.74) is 2.87. The van der Waals surface area contributed by atoms with Gasteiger partial charge in [0.25, 0.3) is 0 Å². The van der Waals surface area contributed by atoms with Gasteiger partial charge in [0.2, 0.25) is 0 Å². The lowest BCUT2D eigenvalue weighted by Gasteiger charge is -2.08. The Morgan fingerprint density at radius 1 is 0.893 bits per heavy atom. The van der Waals surface area contributed by atoms with Crippen LogP contribution in [0.2, 0.25) is 0 Å². The van der Waals surface area contributed by atoms with Gasteiger partial charge in [-0.05, 0) is 47.0 Å². The summed E-state index contributed by atoms with van der Waals surface area (Å²) in [5, 5.41) is 9.57. The highest BCUT2D eigenvalue weighted by Crippen LogP contribution is 2.23. The van der Waals surface area contributed by atoms with E-state index in [0.717, 1.165) is 17.7 Å². The first-order valence-electron chi connectivity index (χ1n) is 9.02. The third-order valence-electron chi connectivity index (χ3n) is 4.32. The predicted molar refractivity (Wildman–Crippen MR) is 111 cm³/mol. The molecule has 1 N–H and O–H groups in total. The van der Waals surface area contributed by atoms with E-state index in [-0.39, 0.29) is 5.57 Å². The highest BCUT2D eigenvalue weighted by Gasteiger charge is 2.10. The standard InChI is InChI=1S/C24H22O4/c1-27-21-13-9-20(10-14-21)23(24(25)26)17-19-7-11-22(12-8-19)28-16-15-18-5-3-2-4-6-18/h2-14,17H,15-16H2,1H3,(H,25,26)/b23-17-. The number of carbonyl (C=O) groups is 1. The van der Waals surface area contributed by atoms with Crippen LogP contribution >= 0.6 is 0 Å². The van der Waals surface area contributed by atoms with E-state index >= 15 is 0 Å². The monoisotopic (exact) mass is 374 g/mol. The Morgan fingerprint density at radius 2 is 1.54 bits per heavy atom. The van der Waals surface area contributed by atoms with Crippen LogP contribution in [0.15, 0.2) is 78.9 Å². The average molecular weight is 374 g/mol. The van der Waals surface area contributed by atoms with E-state index < -0.39 is 5.97 Å². The van der Waals surface area contributed by atoms with Crippen molar-refractivity contribution >= 4 is 17.6 Å². The SMILES string of the molecule is COc1ccc(/C(=C/c2ccc(OCCc3ccccc3)cc2)C(=O)O)cc1. The molecule has 0 radical (unpaired) electrons. The van der Waals surface area contributed by atoms with Crippen LogP contribution in [-0.4, -0.2) is 24.8 Å². The molecule has 0 saturated carbocycles. The fourth-order valence-corrected chi connectivity index (χ4v) is 2.80. The van der Waals surface area contributed by atoms with Crippen LogP contribution in [0, 0.1) is 0 Å². The number of ether oxygens (including phenoxy) is 2. The molecule has 4 nitrogen and oxygen atoms in total. The van der Waals surface area contributed by atoms with Crippen LogP contribution in [0.25, 0.3) is 11.6 Å². The van der Waals surface area contributed by atoms with Crippen LogP contribution in [0.5, 0.6) is 11.5 Å². The van der Waals surface area contributed by atoms with Crippen molar-refractivity contribution in [3.63, 3.8) is 0 Å². The Kier molecular flexibility index (Phi) is 6.47. The van der Waals surface area contributed by atoms with Gasteiger partial charge in [-0.2, -0.15) is 0 Å². The Hall–Kier alpha value is -3.53.